The van der Waals surface area contributed by atoms with Gasteiger partial charge in [-0.1, -0.05) is 15.9 Å². The van der Waals surface area contributed by atoms with Crippen LogP contribution >= 0.6 is 15.9 Å². The van der Waals surface area contributed by atoms with Crippen molar-refractivity contribution in [3.63, 3.8) is 0 Å². The summed E-state index contributed by atoms with van der Waals surface area (Å²) < 4.78 is 7.41. The van der Waals surface area contributed by atoms with Crippen molar-refractivity contribution >= 4 is 21.7 Å². The summed E-state index contributed by atoms with van der Waals surface area (Å²) in [4.78, 5) is 2.34. The first-order chi connectivity index (χ1) is 8.63. The Labute approximate surface area is 117 Å². The number of hydrogen-bond donors (Lipinski definition) is 0. The van der Waals surface area contributed by atoms with Crippen LogP contribution in [0.25, 0.3) is 0 Å². The zero-order valence-corrected chi connectivity index (χ0v) is 13.0. The summed E-state index contributed by atoms with van der Waals surface area (Å²) in [5.41, 5.74) is 2.41. The van der Waals surface area contributed by atoms with Crippen LogP contribution in [0.5, 0.6) is 0 Å². The number of aryl methyl sites for hydroxylation is 2. The van der Waals surface area contributed by atoms with Crippen molar-refractivity contribution in [3.05, 3.63) is 11.3 Å². The molecule has 2 heterocycles. The Morgan fingerprint density at radius 2 is 2.11 bits per heavy atom. The summed E-state index contributed by atoms with van der Waals surface area (Å²) in [7, 11) is 4.19. The first-order valence-corrected chi connectivity index (χ1v) is 7.63. The Hall–Kier alpha value is -0.550. The van der Waals surface area contributed by atoms with Crippen molar-refractivity contribution in [1.29, 1.82) is 0 Å². The largest absolute Gasteiger partial charge is 0.381 e. The van der Waals surface area contributed by atoms with Crippen LogP contribution < -0.4 is 4.90 Å². The first-order valence-electron chi connectivity index (χ1n) is 6.50. The van der Waals surface area contributed by atoms with E-state index in [1.807, 2.05) is 11.7 Å². The van der Waals surface area contributed by atoms with Gasteiger partial charge in [-0.3, -0.25) is 4.68 Å². The van der Waals surface area contributed by atoms with E-state index in [9.17, 15) is 0 Å². The Kier molecular flexibility index (Phi) is 4.67. The lowest BCUT2D eigenvalue weighted by Gasteiger charge is -2.28. The molecule has 5 heteroatoms. The molecule has 0 atom stereocenters. The lowest BCUT2D eigenvalue weighted by atomic mass is 10.00. The maximum absolute atomic E-state index is 5.42. The van der Waals surface area contributed by atoms with Crippen LogP contribution in [0.3, 0.4) is 0 Å². The molecule has 1 aromatic heterocycles. The van der Waals surface area contributed by atoms with Crippen molar-refractivity contribution in [2.24, 2.45) is 13.0 Å². The fourth-order valence-corrected chi connectivity index (χ4v) is 3.38. The monoisotopic (exact) mass is 315 g/mol. The summed E-state index contributed by atoms with van der Waals surface area (Å²) in [6, 6.07) is 0. The highest BCUT2D eigenvalue weighted by molar-refractivity contribution is 9.08. The summed E-state index contributed by atoms with van der Waals surface area (Å²) in [5, 5.41) is 5.38. The predicted molar refractivity (Wildman–Crippen MR) is 77.4 cm³/mol. The van der Waals surface area contributed by atoms with Gasteiger partial charge in [0.2, 0.25) is 0 Å². The van der Waals surface area contributed by atoms with Gasteiger partial charge in [0.25, 0.3) is 0 Å². The minimum atomic E-state index is 0.738. The molecule has 0 saturated carbocycles. The van der Waals surface area contributed by atoms with Gasteiger partial charge in [-0.25, -0.2) is 0 Å². The zero-order chi connectivity index (χ0) is 13.1. The molecule has 0 N–H and O–H groups in total. The van der Waals surface area contributed by atoms with E-state index in [0.29, 0.717) is 0 Å². The van der Waals surface area contributed by atoms with Crippen molar-refractivity contribution in [3.8, 4) is 0 Å². The maximum Gasteiger partial charge on any atom is 0.130 e. The first kappa shape index (κ1) is 13.9. The minimum Gasteiger partial charge on any atom is -0.381 e. The van der Waals surface area contributed by atoms with E-state index in [1.54, 1.807) is 0 Å². The van der Waals surface area contributed by atoms with Gasteiger partial charge in [0.1, 0.15) is 5.82 Å². The molecule has 0 radical (unpaired) electrons. The van der Waals surface area contributed by atoms with E-state index >= 15 is 0 Å². The van der Waals surface area contributed by atoms with E-state index in [2.05, 4.69) is 39.9 Å². The number of nitrogens with zero attached hydrogens (tertiary/aromatic N) is 3. The van der Waals surface area contributed by atoms with E-state index < -0.39 is 0 Å². The molecule has 0 amide bonds. The van der Waals surface area contributed by atoms with Crippen molar-refractivity contribution in [2.75, 3.05) is 31.7 Å². The quantitative estimate of drug-likeness (QED) is 0.800. The summed E-state index contributed by atoms with van der Waals surface area (Å²) in [5.74, 6) is 1.97. The van der Waals surface area contributed by atoms with Gasteiger partial charge in [-0.05, 0) is 25.7 Å². The summed E-state index contributed by atoms with van der Waals surface area (Å²) in [6.07, 6.45) is 2.34. The molecule has 0 spiro atoms. The molecule has 1 aliphatic heterocycles. The second-order valence-electron chi connectivity index (χ2n) is 5.08. The second kappa shape index (κ2) is 6.06. The van der Waals surface area contributed by atoms with Crippen LogP contribution in [0, 0.1) is 12.8 Å². The molecular formula is C13H22BrN3O. The highest BCUT2D eigenvalue weighted by atomic mass is 79.9. The van der Waals surface area contributed by atoms with Gasteiger partial charge in [-0.2, -0.15) is 5.10 Å². The van der Waals surface area contributed by atoms with E-state index in [1.165, 1.54) is 24.2 Å². The predicted octanol–water partition coefficient (Wildman–Crippen LogP) is 2.49. The molecule has 1 aliphatic rings. The van der Waals surface area contributed by atoms with Crippen LogP contribution in [-0.2, 0) is 17.1 Å². The minimum absolute atomic E-state index is 0.738. The van der Waals surface area contributed by atoms with Crippen LogP contribution in [0.1, 0.15) is 24.1 Å². The third-order valence-corrected chi connectivity index (χ3v) is 4.24. The molecule has 0 aliphatic carbocycles. The van der Waals surface area contributed by atoms with Crippen molar-refractivity contribution in [2.45, 2.75) is 25.1 Å². The van der Waals surface area contributed by atoms with E-state index in [0.717, 1.165) is 36.7 Å². The Bertz CT molecular complexity index is 399. The Morgan fingerprint density at radius 1 is 1.44 bits per heavy atom. The molecule has 1 fully saturated rings. The van der Waals surface area contributed by atoms with Crippen molar-refractivity contribution < 1.29 is 4.74 Å². The van der Waals surface area contributed by atoms with E-state index in [-0.39, 0.29) is 0 Å². The second-order valence-corrected chi connectivity index (χ2v) is 5.64. The highest BCUT2D eigenvalue weighted by Gasteiger charge is 2.20. The number of aromatic nitrogens is 2. The SMILES string of the molecule is Cc1nn(C)c(N(C)CC2CCOCC2)c1CBr. The van der Waals surface area contributed by atoms with Crippen molar-refractivity contribution in [1.82, 2.24) is 9.78 Å². The average Bonchev–Trinajstić information content (AvgIpc) is 2.64. The molecule has 1 aromatic rings. The lowest BCUT2D eigenvalue weighted by Crippen LogP contribution is -2.31. The molecule has 4 nitrogen and oxygen atoms in total. The van der Waals surface area contributed by atoms with Gasteiger partial charge >= 0.3 is 0 Å². The molecular weight excluding hydrogens is 294 g/mol. The standard InChI is InChI=1S/C13H22BrN3O/c1-10-12(8-14)13(17(3)15-10)16(2)9-11-4-6-18-7-5-11/h11H,4-9H2,1-3H3. The number of alkyl halides is 1. The fraction of sp³-hybridized carbons (Fsp3) is 0.769. The molecule has 0 unspecified atom stereocenters. The van der Waals surface area contributed by atoms with Crippen LogP contribution in [-0.4, -0.2) is 36.6 Å². The molecule has 1 saturated heterocycles. The number of hydrogen-bond acceptors (Lipinski definition) is 3. The summed E-state index contributed by atoms with van der Waals surface area (Å²) in [6.45, 7) is 4.98. The fourth-order valence-electron chi connectivity index (χ4n) is 2.73. The third-order valence-electron chi connectivity index (χ3n) is 3.68. The Balaban J connectivity index is 2.10. The highest BCUT2D eigenvalue weighted by Crippen LogP contribution is 2.26. The number of ether oxygens (including phenoxy) is 1. The smallest absolute Gasteiger partial charge is 0.130 e. The van der Waals surface area contributed by atoms with Crippen LogP contribution in [0.2, 0.25) is 0 Å². The Morgan fingerprint density at radius 3 is 2.72 bits per heavy atom. The topological polar surface area (TPSA) is 30.3 Å². The van der Waals surface area contributed by atoms with Crippen LogP contribution in [0.15, 0.2) is 0 Å². The normalized spacial score (nSPS) is 17.1. The van der Waals surface area contributed by atoms with E-state index in [4.69, 9.17) is 4.74 Å². The lowest BCUT2D eigenvalue weighted by molar-refractivity contribution is 0.0684. The van der Waals surface area contributed by atoms with Gasteiger partial charge in [-0.15, -0.1) is 0 Å². The van der Waals surface area contributed by atoms with Gasteiger partial charge in [0.15, 0.2) is 0 Å². The van der Waals surface area contributed by atoms with Gasteiger partial charge in [0, 0.05) is 44.7 Å². The molecule has 102 valence electrons. The number of halogens is 1. The molecule has 18 heavy (non-hydrogen) atoms. The zero-order valence-electron chi connectivity index (χ0n) is 11.4. The number of rotatable bonds is 4. The maximum atomic E-state index is 5.42. The number of anilines is 1. The van der Waals surface area contributed by atoms with Gasteiger partial charge < -0.3 is 9.64 Å². The third kappa shape index (κ3) is 2.88. The van der Waals surface area contributed by atoms with Gasteiger partial charge in [0.05, 0.1) is 5.69 Å². The summed E-state index contributed by atoms with van der Waals surface area (Å²) >= 11 is 3.57. The molecule has 0 bridgehead atoms. The molecule has 0 aromatic carbocycles. The average molecular weight is 316 g/mol. The van der Waals surface area contributed by atoms with Crippen LogP contribution in [0.4, 0.5) is 5.82 Å². The molecule has 2 rings (SSSR count).